The van der Waals surface area contributed by atoms with Crippen molar-refractivity contribution in [1.82, 2.24) is 0 Å². The van der Waals surface area contributed by atoms with Gasteiger partial charge in [0, 0.05) is 12.8 Å². The average Bonchev–Trinajstić information content (AvgIpc) is 2.99. The van der Waals surface area contributed by atoms with Gasteiger partial charge >= 0.3 is 27.3 Å². The van der Waals surface area contributed by atoms with Crippen molar-refractivity contribution in [3.63, 3.8) is 0 Å². The fourth-order valence-corrected chi connectivity index (χ4v) is 3.25. The zero-order valence-corrected chi connectivity index (χ0v) is 13.3. The molecule has 142 valence electrons. The third kappa shape index (κ3) is 3.10. The lowest BCUT2D eigenvalue weighted by atomic mass is 9.91. The van der Waals surface area contributed by atoms with Gasteiger partial charge < -0.3 is 24.1 Å². The molecule has 1 aliphatic carbocycles. The summed E-state index contributed by atoms with van der Waals surface area (Å²) in [5, 5.41) is 4.48. The van der Waals surface area contributed by atoms with Crippen LogP contribution in [0.5, 0.6) is 0 Å². The first kappa shape index (κ1) is 18.4. The Kier molecular flexibility index (Phi) is 4.27. The molecule has 0 radical (unpaired) electrons. The van der Waals surface area contributed by atoms with Crippen molar-refractivity contribution in [3.8, 4) is 0 Å². The highest BCUT2D eigenvalue weighted by atomic mass is 32.2. The molecule has 2 heterocycles. The number of fused-ring (bicyclic) bond motifs is 1. The minimum absolute atomic E-state index is 0.0160. The molecule has 3 aliphatic rings. The second-order valence-electron chi connectivity index (χ2n) is 5.96. The molecule has 3 atom stereocenters. The summed E-state index contributed by atoms with van der Waals surface area (Å²) in [4.78, 5) is 22.8. The Bertz CT molecular complexity index is 684. The Morgan fingerprint density at radius 3 is 2.40 bits per heavy atom. The van der Waals surface area contributed by atoms with E-state index in [9.17, 15) is 31.9 Å². The van der Waals surface area contributed by atoms with E-state index in [4.69, 9.17) is 14.0 Å². The maximum absolute atomic E-state index is 13.2. The summed E-state index contributed by atoms with van der Waals surface area (Å²) < 4.78 is 75.7. The first-order valence-corrected chi connectivity index (χ1v) is 8.69. The molecule has 0 bridgehead atoms. The van der Waals surface area contributed by atoms with Crippen LogP contribution in [-0.4, -0.2) is 65.7 Å². The van der Waals surface area contributed by atoms with E-state index in [2.05, 4.69) is 9.47 Å². The molecule has 2 N–H and O–H groups in total. The van der Waals surface area contributed by atoms with Gasteiger partial charge in [-0.05, 0) is 12.8 Å². The number of ether oxygens (including phenoxy) is 4. The number of hydrogen-bond donors (Lipinski definition) is 2. The van der Waals surface area contributed by atoms with Gasteiger partial charge in [-0.3, -0.25) is 4.55 Å². The van der Waals surface area contributed by atoms with Crippen LogP contribution in [0.2, 0.25) is 0 Å². The molecule has 1 spiro atoms. The third-order valence-electron chi connectivity index (χ3n) is 4.27. The number of cyclic esters (lactones) is 1. The molecule has 2 saturated heterocycles. The second-order valence-corrected chi connectivity index (χ2v) is 7.42. The minimum atomic E-state index is -5.93. The van der Waals surface area contributed by atoms with E-state index in [1.165, 1.54) is 0 Å². The van der Waals surface area contributed by atoms with Crippen LogP contribution in [0.15, 0.2) is 0 Å². The summed E-state index contributed by atoms with van der Waals surface area (Å²) in [5.41, 5.74) is 0. The van der Waals surface area contributed by atoms with E-state index in [0.717, 1.165) is 0 Å². The van der Waals surface area contributed by atoms with Crippen molar-refractivity contribution in [2.24, 2.45) is 0 Å². The second kappa shape index (κ2) is 5.81. The lowest BCUT2D eigenvalue weighted by Gasteiger charge is -2.36. The highest BCUT2D eigenvalue weighted by molar-refractivity contribution is 7.87. The Morgan fingerprint density at radius 1 is 1.28 bits per heavy atom. The number of carbonyl (C=O) groups is 2. The van der Waals surface area contributed by atoms with Gasteiger partial charge in [-0.15, -0.1) is 0 Å². The topological polar surface area (TPSA) is 146 Å². The van der Waals surface area contributed by atoms with Crippen LogP contribution in [0.1, 0.15) is 25.7 Å². The average molecular weight is 388 g/mol. The van der Waals surface area contributed by atoms with Crippen molar-refractivity contribution in [1.29, 1.82) is 0 Å². The maximum Gasteiger partial charge on any atom is 0.465 e. The number of carbonyl (C=O) groups excluding carboxylic acids is 2. The van der Waals surface area contributed by atoms with Crippen LogP contribution >= 0.6 is 0 Å². The quantitative estimate of drug-likeness (QED) is 0.470. The van der Waals surface area contributed by atoms with Crippen molar-refractivity contribution in [2.75, 3.05) is 0 Å². The summed E-state index contributed by atoms with van der Waals surface area (Å²) >= 11 is 0. The lowest BCUT2D eigenvalue weighted by molar-refractivity contribution is -0.241. The number of hydrogen-bond acceptors (Lipinski definition) is 9. The Morgan fingerprint density at radius 2 is 1.88 bits per heavy atom. The Labute approximate surface area is 139 Å². The monoisotopic (exact) mass is 388 g/mol. The molecular formula is C12H14F2O10S. The standard InChI is InChI=1S/C12H14F2O10S/c13-12(14,25(18,19)20)10(17)21-5-1-3-11(4-2-5)23-6-7(24-11)9(16)22-8(6)15/h5-8,15H,1-4H2,(H,18,19,20). The normalized spacial score (nSPS) is 38.5. The number of esters is 2. The van der Waals surface area contributed by atoms with E-state index in [-0.39, 0.29) is 25.7 Å². The van der Waals surface area contributed by atoms with Crippen LogP contribution in [-0.2, 0) is 38.7 Å². The van der Waals surface area contributed by atoms with Crippen molar-refractivity contribution in [3.05, 3.63) is 0 Å². The molecule has 1 saturated carbocycles. The molecular weight excluding hydrogens is 374 g/mol. The zero-order valence-electron chi connectivity index (χ0n) is 12.5. The SMILES string of the molecule is O=C1OC(O)C2OC3(CCC(OC(=O)C(F)(F)S(=O)(=O)O)CC3)OC12. The van der Waals surface area contributed by atoms with Crippen LogP contribution in [0.25, 0.3) is 0 Å². The first-order valence-electron chi connectivity index (χ1n) is 7.25. The lowest BCUT2D eigenvalue weighted by Crippen LogP contribution is -2.44. The largest absolute Gasteiger partial charge is 0.465 e. The molecule has 10 nitrogen and oxygen atoms in total. The molecule has 0 aromatic rings. The zero-order chi connectivity index (χ0) is 18.6. The summed E-state index contributed by atoms with van der Waals surface area (Å²) in [6.45, 7) is 0. The van der Waals surface area contributed by atoms with E-state index >= 15 is 0 Å². The Balaban J connectivity index is 1.58. The summed E-state index contributed by atoms with van der Waals surface area (Å²) in [5.74, 6) is -4.40. The molecule has 0 aromatic heterocycles. The number of aliphatic hydroxyl groups is 1. The molecule has 25 heavy (non-hydrogen) atoms. The number of halogens is 2. The van der Waals surface area contributed by atoms with Gasteiger partial charge in [0.2, 0.25) is 6.29 Å². The van der Waals surface area contributed by atoms with Gasteiger partial charge in [-0.1, -0.05) is 0 Å². The van der Waals surface area contributed by atoms with Crippen molar-refractivity contribution >= 4 is 22.1 Å². The molecule has 3 unspecified atom stereocenters. The van der Waals surface area contributed by atoms with Gasteiger partial charge in [0.15, 0.2) is 18.0 Å². The summed E-state index contributed by atoms with van der Waals surface area (Å²) in [7, 11) is -5.93. The predicted molar refractivity (Wildman–Crippen MR) is 69.4 cm³/mol. The van der Waals surface area contributed by atoms with E-state index in [0.29, 0.717) is 0 Å². The van der Waals surface area contributed by atoms with Crippen LogP contribution in [0, 0.1) is 0 Å². The summed E-state index contributed by atoms with van der Waals surface area (Å²) in [6.07, 6.45) is -4.55. The summed E-state index contributed by atoms with van der Waals surface area (Å²) in [6, 6.07) is 0. The highest BCUT2D eigenvalue weighted by Crippen LogP contribution is 2.44. The third-order valence-corrected chi connectivity index (χ3v) is 5.09. The van der Waals surface area contributed by atoms with E-state index in [1.54, 1.807) is 0 Å². The molecule has 0 amide bonds. The molecule has 13 heteroatoms. The van der Waals surface area contributed by atoms with Crippen molar-refractivity contribution in [2.45, 2.75) is 61.3 Å². The maximum atomic E-state index is 13.2. The highest BCUT2D eigenvalue weighted by Gasteiger charge is 2.60. The van der Waals surface area contributed by atoms with Crippen molar-refractivity contribution < 1.29 is 55.4 Å². The van der Waals surface area contributed by atoms with Gasteiger partial charge in [-0.25, -0.2) is 9.59 Å². The molecule has 0 aromatic carbocycles. The minimum Gasteiger partial charge on any atom is -0.457 e. The predicted octanol–water partition coefficient (Wildman–Crippen LogP) is -0.692. The Hall–Kier alpha value is -1.41. The van der Waals surface area contributed by atoms with E-state index < -0.39 is 57.7 Å². The first-order chi connectivity index (χ1) is 11.5. The van der Waals surface area contributed by atoms with Gasteiger partial charge in [0.1, 0.15) is 6.10 Å². The van der Waals surface area contributed by atoms with Gasteiger partial charge in [0.05, 0.1) is 0 Å². The van der Waals surface area contributed by atoms with E-state index in [1.807, 2.05) is 0 Å². The van der Waals surface area contributed by atoms with Crippen LogP contribution < -0.4 is 0 Å². The number of aliphatic hydroxyl groups excluding tert-OH is 1. The molecule has 3 fully saturated rings. The van der Waals surface area contributed by atoms with Gasteiger partial charge in [0.25, 0.3) is 0 Å². The smallest absolute Gasteiger partial charge is 0.457 e. The number of rotatable bonds is 3. The fraction of sp³-hybridized carbons (Fsp3) is 0.833. The number of alkyl halides is 2. The molecule has 2 aliphatic heterocycles. The van der Waals surface area contributed by atoms with Crippen LogP contribution in [0.3, 0.4) is 0 Å². The van der Waals surface area contributed by atoms with Gasteiger partial charge in [-0.2, -0.15) is 17.2 Å². The fourth-order valence-electron chi connectivity index (χ4n) is 2.99. The van der Waals surface area contributed by atoms with Crippen LogP contribution in [0.4, 0.5) is 8.78 Å². The molecule has 3 rings (SSSR count).